The monoisotopic (exact) mass is 308 g/mol. The van der Waals surface area contributed by atoms with Gasteiger partial charge in [0.25, 0.3) is 0 Å². The van der Waals surface area contributed by atoms with Crippen LogP contribution in [0.2, 0.25) is 19.1 Å². The van der Waals surface area contributed by atoms with Crippen LogP contribution in [0.25, 0.3) is 11.6 Å². The average Bonchev–Trinajstić information content (AvgIpc) is 3.07. The number of rotatable bonds is 4. The molecule has 0 atom stereocenters. The van der Waals surface area contributed by atoms with E-state index in [2.05, 4.69) is 63.0 Å². The molecular formula is C20H24OSi. The van der Waals surface area contributed by atoms with Crippen LogP contribution in [-0.4, -0.2) is 19.8 Å². The number of aliphatic hydroxyl groups is 1. The van der Waals surface area contributed by atoms with Crippen molar-refractivity contribution in [3.63, 3.8) is 0 Å². The topological polar surface area (TPSA) is 20.2 Å². The zero-order valence-electron chi connectivity index (χ0n) is 13.7. The second kappa shape index (κ2) is 5.53. The minimum atomic E-state index is -1.59. The fourth-order valence-corrected chi connectivity index (χ4v) is 6.21. The zero-order valence-corrected chi connectivity index (χ0v) is 14.7. The highest BCUT2D eigenvalue weighted by Gasteiger charge is 2.29. The summed E-state index contributed by atoms with van der Waals surface area (Å²) in [6.45, 7) is 11.6. The van der Waals surface area contributed by atoms with Crippen molar-refractivity contribution in [3.8, 4) is 0 Å². The number of aliphatic hydroxyl groups excluding tert-OH is 1. The van der Waals surface area contributed by atoms with Crippen LogP contribution in [0.1, 0.15) is 23.1 Å². The number of fused-ring (bicyclic) bond motifs is 1. The van der Waals surface area contributed by atoms with Gasteiger partial charge in [-0.25, -0.2) is 0 Å². The van der Waals surface area contributed by atoms with E-state index in [0.29, 0.717) is 0 Å². The van der Waals surface area contributed by atoms with Crippen LogP contribution >= 0.6 is 0 Å². The highest BCUT2D eigenvalue weighted by Crippen LogP contribution is 2.41. The molecule has 0 saturated carbocycles. The van der Waals surface area contributed by atoms with Crippen LogP contribution in [0.5, 0.6) is 0 Å². The van der Waals surface area contributed by atoms with Crippen LogP contribution in [0.3, 0.4) is 0 Å². The first-order chi connectivity index (χ1) is 10.5. The maximum atomic E-state index is 9.38. The SMILES string of the molecule is C=C1C(C2=CC=CC2)=Cc2ccc([Si](C)(C)CCO)c(C)c21. The first kappa shape index (κ1) is 15.3. The van der Waals surface area contributed by atoms with E-state index in [1.54, 1.807) is 0 Å². The van der Waals surface area contributed by atoms with E-state index in [1.807, 2.05) is 0 Å². The predicted molar refractivity (Wildman–Crippen MR) is 99.0 cm³/mol. The quantitative estimate of drug-likeness (QED) is 0.827. The maximum Gasteiger partial charge on any atom is 0.0832 e. The molecule has 1 nitrogen and oxygen atoms in total. The Kier molecular flexibility index (Phi) is 3.83. The molecule has 0 spiro atoms. The van der Waals surface area contributed by atoms with Crippen molar-refractivity contribution in [3.05, 3.63) is 64.8 Å². The molecule has 0 fully saturated rings. The number of allylic oxidation sites excluding steroid dienone is 6. The van der Waals surface area contributed by atoms with Crippen molar-refractivity contribution >= 4 is 24.9 Å². The molecule has 2 heteroatoms. The van der Waals surface area contributed by atoms with Gasteiger partial charge < -0.3 is 5.11 Å². The Morgan fingerprint density at radius 1 is 1.27 bits per heavy atom. The minimum Gasteiger partial charge on any atom is -0.397 e. The fourth-order valence-electron chi connectivity index (χ4n) is 3.71. The summed E-state index contributed by atoms with van der Waals surface area (Å²) in [5, 5.41) is 10.8. The molecule has 2 aliphatic carbocycles. The Balaban J connectivity index is 2.03. The van der Waals surface area contributed by atoms with Gasteiger partial charge in [0.1, 0.15) is 0 Å². The van der Waals surface area contributed by atoms with E-state index in [1.165, 1.54) is 33.0 Å². The van der Waals surface area contributed by atoms with Crippen molar-refractivity contribution in [2.24, 2.45) is 0 Å². The first-order valence-corrected chi connectivity index (χ1v) is 11.2. The summed E-state index contributed by atoms with van der Waals surface area (Å²) in [6.07, 6.45) is 9.82. The third kappa shape index (κ3) is 2.36. The smallest absolute Gasteiger partial charge is 0.0832 e. The summed E-state index contributed by atoms with van der Waals surface area (Å²) < 4.78 is 0. The molecule has 22 heavy (non-hydrogen) atoms. The molecule has 0 saturated heterocycles. The maximum absolute atomic E-state index is 9.38. The summed E-state index contributed by atoms with van der Waals surface area (Å²) >= 11 is 0. The Morgan fingerprint density at radius 3 is 2.68 bits per heavy atom. The van der Waals surface area contributed by atoms with Crippen LogP contribution in [0, 0.1) is 6.92 Å². The molecule has 1 aromatic carbocycles. The van der Waals surface area contributed by atoms with Gasteiger partial charge in [0.15, 0.2) is 0 Å². The molecule has 0 radical (unpaired) electrons. The normalized spacial score (nSPS) is 16.8. The molecule has 1 aromatic rings. The van der Waals surface area contributed by atoms with Gasteiger partial charge >= 0.3 is 0 Å². The van der Waals surface area contributed by atoms with E-state index >= 15 is 0 Å². The van der Waals surface area contributed by atoms with Crippen LogP contribution in [0.15, 0.2) is 48.1 Å². The van der Waals surface area contributed by atoms with E-state index in [0.717, 1.165) is 18.0 Å². The highest BCUT2D eigenvalue weighted by atomic mass is 28.3. The molecule has 3 rings (SSSR count). The van der Waals surface area contributed by atoms with Crippen molar-refractivity contribution < 1.29 is 5.11 Å². The van der Waals surface area contributed by atoms with Crippen molar-refractivity contribution in [1.29, 1.82) is 0 Å². The third-order valence-electron chi connectivity index (χ3n) is 5.01. The summed E-state index contributed by atoms with van der Waals surface area (Å²) in [4.78, 5) is 0. The molecule has 114 valence electrons. The Morgan fingerprint density at radius 2 is 2.05 bits per heavy atom. The molecule has 0 heterocycles. The lowest BCUT2D eigenvalue weighted by molar-refractivity contribution is 0.317. The Bertz CT molecular complexity index is 732. The average molecular weight is 308 g/mol. The Labute approximate surface area is 134 Å². The lowest BCUT2D eigenvalue weighted by atomic mass is 9.95. The molecule has 1 N–H and O–H groups in total. The predicted octanol–water partition coefficient (Wildman–Crippen LogP) is 4.20. The van der Waals surface area contributed by atoms with Crippen LogP contribution in [0.4, 0.5) is 0 Å². The first-order valence-electron chi connectivity index (χ1n) is 7.98. The van der Waals surface area contributed by atoms with Crippen LogP contribution in [-0.2, 0) is 0 Å². The second-order valence-corrected chi connectivity index (χ2v) is 11.7. The van der Waals surface area contributed by atoms with Crippen LogP contribution < -0.4 is 5.19 Å². The van der Waals surface area contributed by atoms with Gasteiger partial charge in [0.2, 0.25) is 0 Å². The molecule has 0 amide bonds. The second-order valence-electron chi connectivity index (χ2n) is 6.92. The lowest BCUT2D eigenvalue weighted by Gasteiger charge is -2.26. The van der Waals surface area contributed by atoms with Crippen molar-refractivity contribution in [1.82, 2.24) is 0 Å². The molecule has 2 aliphatic rings. The van der Waals surface area contributed by atoms with E-state index in [9.17, 15) is 5.11 Å². The third-order valence-corrected chi connectivity index (χ3v) is 8.48. The van der Waals surface area contributed by atoms with Gasteiger partial charge in [-0.1, -0.05) is 55.2 Å². The summed E-state index contributed by atoms with van der Waals surface area (Å²) in [7, 11) is -1.59. The number of hydrogen-bond donors (Lipinski definition) is 1. The Hall–Kier alpha value is -1.64. The van der Waals surface area contributed by atoms with E-state index < -0.39 is 8.07 Å². The summed E-state index contributed by atoms with van der Waals surface area (Å²) in [5.74, 6) is 0. The fraction of sp³-hybridized carbons (Fsp3) is 0.300. The standard InChI is InChI=1S/C20H24OSi/c1-14-18(16-7-5-6-8-16)13-17-9-10-19(15(2)20(14)17)22(3,4)12-11-21/h5-7,9-10,13,21H,1,8,11-12H2,2-4H3. The lowest BCUT2D eigenvalue weighted by Crippen LogP contribution is -2.44. The van der Waals surface area contributed by atoms with Crippen molar-refractivity contribution in [2.45, 2.75) is 32.5 Å². The molecular weight excluding hydrogens is 284 g/mol. The van der Waals surface area contributed by atoms with Gasteiger partial charge in [-0.3, -0.25) is 0 Å². The largest absolute Gasteiger partial charge is 0.397 e. The summed E-state index contributed by atoms with van der Waals surface area (Å²) in [6, 6.07) is 5.43. The van der Waals surface area contributed by atoms with E-state index in [4.69, 9.17) is 0 Å². The minimum absolute atomic E-state index is 0.277. The molecule has 0 aliphatic heterocycles. The van der Waals surface area contributed by atoms with Gasteiger partial charge in [0.05, 0.1) is 8.07 Å². The summed E-state index contributed by atoms with van der Waals surface area (Å²) in [5.41, 5.74) is 7.81. The molecule has 0 aromatic heterocycles. The van der Waals surface area contributed by atoms with Gasteiger partial charge in [0, 0.05) is 6.61 Å². The van der Waals surface area contributed by atoms with E-state index in [-0.39, 0.29) is 6.61 Å². The highest BCUT2D eigenvalue weighted by molar-refractivity contribution is 6.90. The number of hydrogen-bond acceptors (Lipinski definition) is 1. The zero-order chi connectivity index (χ0) is 15.9. The molecule has 0 bridgehead atoms. The van der Waals surface area contributed by atoms with Gasteiger partial charge in [-0.2, -0.15) is 0 Å². The molecule has 0 unspecified atom stereocenters. The van der Waals surface area contributed by atoms with Gasteiger partial charge in [-0.15, -0.1) is 0 Å². The number of benzene rings is 1. The van der Waals surface area contributed by atoms with Crippen molar-refractivity contribution in [2.75, 3.05) is 6.61 Å². The van der Waals surface area contributed by atoms with Gasteiger partial charge in [-0.05, 0) is 58.9 Å².